The van der Waals surface area contributed by atoms with Crippen LogP contribution in [0, 0.1) is 11.3 Å². The Balaban J connectivity index is 0.000000304. The van der Waals surface area contributed by atoms with Crippen LogP contribution >= 0.6 is 0 Å². The van der Waals surface area contributed by atoms with E-state index in [1.807, 2.05) is 28.8 Å². The number of hydrogen-bond donors (Lipinski definition) is 1. The third-order valence-corrected chi connectivity index (χ3v) is 6.45. The normalized spacial score (nSPS) is 16.3. The van der Waals surface area contributed by atoms with Gasteiger partial charge in [0.2, 0.25) is 0 Å². The molecule has 5 rings (SSSR count). The van der Waals surface area contributed by atoms with Crippen LogP contribution in [-0.2, 0) is 16.5 Å². The second kappa shape index (κ2) is 14.1. The van der Waals surface area contributed by atoms with E-state index in [0.717, 1.165) is 49.4 Å². The largest absolute Gasteiger partial charge is 0.435 e. The van der Waals surface area contributed by atoms with Crippen molar-refractivity contribution in [1.82, 2.24) is 4.57 Å². The summed E-state index contributed by atoms with van der Waals surface area (Å²) in [5.74, 6) is 6.16. The number of fused-ring (bicyclic) bond motifs is 1. The molecule has 2 fully saturated rings. The second-order valence-electron chi connectivity index (χ2n) is 9.45. The van der Waals surface area contributed by atoms with Crippen molar-refractivity contribution in [2.45, 2.75) is 64.7 Å². The van der Waals surface area contributed by atoms with Crippen molar-refractivity contribution in [2.24, 2.45) is 12.9 Å². The number of hydrazine groups is 1. The van der Waals surface area contributed by atoms with E-state index < -0.39 is 6.61 Å². The van der Waals surface area contributed by atoms with Gasteiger partial charge in [-0.15, -0.1) is 0 Å². The van der Waals surface area contributed by atoms with Gasteiger partial charge in [-0.25, -0.2) is 5.84 Å². The molecule has 2 heterocycles. The first-order valence-electron chi connectivity index (χ1n) is 13.0. The summed E-state index contributed by atoms with van der Waals surface area (Å²) < 4.78 is 41.2. The number of nitrogens with zero attached hydrogens (tertiary/aromatic N) is 3. The molecule has 1 saturated carbocycles. The molecular weight excluding hydrogens is 490 g/mol. The Hall–Kier alpha value is -3.19. The van der Waals surface area contributed by atoms with E-state index in [-0.39, 0.29) is 5.75 Å². The van der Waals surface area contributed by atoms with E-state index in [9.17, 15) is 14.0 Å². The first kappa shape index (κ1) is 29.4. The number of anilines is 1. The van der Waals surface area contributed by atoms with Crippen molar-refractivity contribution in [3.05, 3.63) is 48.0 Å². The van der Waals surface area contributed by atoms with Crippen LogP contribution < -0.4 is 15.6 Å². The first-order chi connectivity index (χ1) is 18.3. The van der Waals surface area contributed by atoms with Gasteiger partial charge in [0.05, 0.1) is 28.6 Å². The van der Waals surface area contributed by atoms with Crippen LogP contribution in [0.2, 0.25) is 0 Å². The third-order valence-electron chi connectivity index (χ3n) is 6.45. The zero-order valence-electron chi connectivity index (χ0n) is 22.6. The van der Waals surface area contributed by atoms with Crippen LogP contribution in [0.5, 0.6) is 5.75 Å². The number of nitriles is 1. The minimum Gasteiger partial charge on any atom is -0.435 e. The monoisotopic (exact) mass is 528 g/mol. The lowest BCUT2D eigenvalue weighted by molar-refractivity contribution is -0.0497. The summed E-state index contributed by atoms with van der Waals surface area (Å²) >= 11 is 0. The van der Waals surface area contributed by atoms with Gasteiger partial charge < -0.3 is 23.8 Å². The highest BCUT2D eigenvalue weighted by Crippen LogP contribution is 2.36. The molecule has 0 bridgehead atoms. The second-order valence-corrected chi connectivity index (χ2v) is 9.45. The van der Waals surface area contributed by atoms with E-state index in [1.165, 1.54) is 25.0 Å². The van der Waals surface area contributed by atoms with E-state index in [4.69, 9.17) is 15.3 Å². The maximum Gasteiger partial charge on any atom is 0.387 e. The predicted octanol–water partition coefficient (Wildman–Crippen LogP) is 6.39. The highest BCUT2D eigenvalue weighted by atomic mass is 19.3. The molecule has 1 aliphatic carbocycles. The Bertz CT molecular complexity index is 1200. The number of aryl methyl sites for hydroxylation is 1. The van der Waals surface area contributed by atoms with Gasteiger partial charge in [-0.05, 0) is 68.9 Å². The Morgan fingerprint density at radius 3 is 2.34 bits per heavy atom. The number of aromatic nitrogens is 1. The van der Waals surface area contributed by atoms with Gasteiger partial charge >= 0.3 is 6.61 Å². The fourth-order valence-electron chi connectivity index (χ4n) is 4.34. The number of hydrogen-bond acceptors (Lipinski definition) is 6. The van der Waals surface area contributed by atoms with E-state index in [0.29, 0.717) is 28.6 Å². The van der Waals surface area contributed by atoms with Crippen molar-refractivity contribution >= 4 is 16.6 Å². The molecule has 7 nitrogen and oxygen atoms in total. The lowest BCUT2D eigenvalue weighted by Gasteiger charge is -2.18. The number of halogens is 2. The SMILES string of the molecule is CC1CCCO1.CCCOC.Cn1c(-c2ccc(N(N)C3CC3)cc2)c(C#N)c2ccc(OC(F)F)cc21. The lowest BCUT2D eigenvalue weighted by atomic mass is 10.1. The highest BCUT2D eigenvalue weighted by Gasteiger charge is 2.27. The van der Waals surface area contributed by atoms with Crippen LogP contribution in [0.4, 0.5) is 14.5 Å². The summed E-state index contributed by atoms with van der Waals surface area (Å²) in [5.41, 5.74) is 3.65. The van der Waals surface area contributed by atoms with Crippen molar-refractivity contribution in [1.29, 1.82) is 5.26 Å². The Labute approximate surface area is 223 Å². The molecule has 2 N–H and O–H groups in total. The zero-order chi connectivity index (χ0) is 27.7. The fourth-order valence-corrected chi connectivity index (χ4v) is 4.34. The van der Waals surface area contributed by atoms with Gasteiger partial charge in [-0.2, -0.15) is 14.0 Å². The average Bonchev–Trinajstić information content (AvgIpc) is 3.59. The molecule has 206 valence electrons. The van der Waals surface area contributed by atoms with Crippen LogP contribution in [0.3, 0.4) is 0 Å². The topological polar surface area (TPSA) is 85.7 Å². The molecule has 0 spiro atoms. The molecule has 1 aromatic heterocycles. The van der Waals surface area contributed by atoms with E-state index in [1.54, 1.807) is 25.2 Å². The van der Waals surface area contributed by atoms with E-state index >= 15 is 0 Å². The van der Waals surface area contributed by atoms with Crippen molar-refractivity contribution in [3.63, 3.8) is 0 Å². The maximum atomic E-state index is 12.5. The average molecular weight is 529 g/mol. The number of alkyl halides is 2. The van der Waals surface area contributed by atoms with Gasteiger partial charge in [0, 0.05) is 44.9 Å². The summed E-state index contributed by atoms with van der Waals surface area (Å²) in [7, 11) is 3.52. The summed E-state index contributed by atoms with van der Waals surface area (Å²) in [6, 6.07) is 14.9. The number of rotatable bonds is 7. The Kier molecular flexibility index (Phi) is 10.9. The Morgan fingerprint density at radius 1 is 1.18 bits per heavy atom. The fraction of sp³-hybridized carbons (Fsp3) is 0.483. The molecule has 9 heteroatoms. The minimum atomic E-state index is -2.89. The van der Waals surface area contributed by atoms with Crippen LogP contribution in [0.1, 0.15) is 51.5 Å². The number of benzene rings is 2. The number of methoxy groups -OCH3 is 1. The molecule has 0 amide bonds. The molecule has 2 aliphatic rings. The molecule has 1 saturated heterocycles. The zero-order valence-corrected chi connectivity index (χ0v) is 22.6. The summed E-state index contributed by atoms with van der Waals surface area (Å²) in [4.78, 5) is 0. The van der Waals surface area contributed by atoms with Gasteiger partial charge in [0.25, 0.3) is 0 Å². The molecule has 3 aromatic rings. The number of ether oxygens (including phenoxy) is 3. The Morgan fingerprint density at radius 2 is 1.89 bits per heavy atom. The predicted molar refractivity (Wildman–Crippen MR) is 146 cm³/mol. The van der Waals surface area contributed by atoms with Gasteiger partial charge in [-0.3, -0.25) is 0 Å². The molecule has 1 aliphatic heterocycles. The van der Waals surface area contributed by atoms with Crippen LogP contribution in [0.15, 0.2) is 42.5 Å². The molecular formula is C29H38F2N4O3. The molecule has 38 heavy (non-hydrogen) atoms. The van der Waals surface area contributed by atoms with Gasteiger partial charge in [0.15, 0.2) is 0 Å². The molecule has 1 unspecified atom stereocenters. The van der Waals surface area contributed by atoms with Crippen LogP contribution in [0.25, 0.3) is 22.2 Å². The first-order valence-corrected chi connectivity index (χ1v) is 13.0. The van der Waals surface area contributed by atoms with Crippen molar-refractivity contribution in [3.8, 4) is 23.1 Å². The molecule has 2 aromatic carbocycles. The smallest absolute Gasteiger partial charge is 0.387 e. The van der Waals surface area contributed by atoms with Crippen LogP contribution in [-0.4, -0.2) is 43.6 Å². The molecule has 1 atom stereocenters. The van der Waals surface area contributed by atoms with Gasteiger partial charge in [0.1, 0.15) is 11.8 Å². The quantitative estimate of drug-likeness (QED) is 0.283. The standard InChI is InChI=1S/C20H18F2N4O.C5H10O.C4H10O/c1-25-18-10-15(27-20(21)22)8-9-16(18)17(11-23)19(25)12-2-4-13(5-3-12)26(24)14-6-7-14;1-5-3-2-4-6-5;1-3-4-5-2/h2-5,8-10,14,20H,6-7,24H2,1H3;5H,2-4H2,1H3;3-4H2,1-2H3. The lowest BCUT2D eigenvalue weighted by Crippen LogP contribution is -2.32. The van der Waals surface area contributed by atoms with Gasteiger partial charge in [-0.1, -0.05) is 19.1 Å². The minimum absolute atomic E-state index is 0.0627. The highest BCUT2D eigenvalue weighted by molar-refractivity contribution is 5.95. The van der Waals surface area contributed by atoms with E-state index in [2.05, 4.69) is 24.7 Å². The molecule has 0 radical (unpaired) electrons. The summed E-state index contributed by atoms with van der Waals surface area (Å²) in [6.07, 6.45) is 6.40. The maximum absolute atomic E-state index is 12.5. The summed E-state index contributed by atoms with van der Waals surface area (Å²) in [6.45, 7) is 3.19. The summed E-state index contributed by atoms with van der Waals surface area (Å²) in [5, 5.41) is 12.1. The van der Waals surface area contributed by atoms with Crippen molar-refractivity contribution in [2.75, 3.05) is 25.3 Å². The number of nitrogens with two attached hydrogens (primary N) is 1. The van der Waals surface area contributed by atoms with Crippen molar-refractivity contribution < 1.29 is 23.0 Å². The third kappa shape index (κ3) is 7.67.